The van der Waals surface area contributed by atoms with Gasteiger partial charge in [-0.2, -0.15) is 0 Å². The zero-order valence-corrected chi connectivity index (χ0v) is 12.1. The number of benzene rings is 2. The Morgan fingerprint density at radius 2 is 1.81 bits per heavy atom. The van der Waals surface area contributed by atoms with Gasteiger partial charge in [0.2, 0.25) is 0 Å². The average Bonchev–Trinajstić information content (AvgIpc) is 3.01. The third kappa shape index (κ3) is 2.93. The van der Waals surface area contributed by atoms with Crippen LogP contribution in [0.1, 0.15) is 36.0 Å². The summed E-state index contributed by atoms with van der Waals surface area (Å²) in [6.07, 6.45) is 4.29. The van der Waals surface area contributed by atoms with E-state index in [2.05, 4.69) is 5.32 Å². The number of rotatable bonds is 4. The van der Waals surface area contributed by atoms with Gasteiger partial charge in [0.05, 0.1) is 6.61 Å². The van der Waals surface area contributed by atoms with Crippen LogP contribution in [0, 0.1) is 5.41 Å². The van der Waals surface area contributed by atoms with E-state index in [1.165, 1.54) is 0 Å². The van der Waals surface area contributed by atoms with Crippen LogP contribution < -0.4 is 5.32 Å². The van der Waals surface area contributed by atoms with Crippen molar-refractivity contribution in [2.75, 3.05) is 13.2 Å². The molecule has 1 aliphatic rings. The van der Waals surface area contributed by atoms with Crippen LogP contribution in [-0.2, 0) is 0 Å². The first-order valence-corrected chi connectivity index (χ1v) is 7.60. The molecule has 3 nitrogen and oxygen atoms in total. The Morgan fingerprint density at radius 3 is 2.52 bits per heavy atom. The van der Waals surface area contributed by atoms with Crippen molar-refractivity contribution in [2.24, 2.45) is 5.41 Å². The molecule has 1 saturated carbocycles. The van der Waals surface area contributed by atoms with Crippen LogP contribution in [0.5, 0.6) is 0 Å². The summed E-state index contributed by atoms with van der Waals surface area (Å²) >= 11 is 0. The second kappa shape index (κ2) is 5.86. The molecule has 3 heteroatoms. The highest BCUT2D eigenvalue weighted by molar-refractivity contribution is 5.98. The molecule has 0 bridgehead atoms. The molecule has 2 N–H and O–H groups in total. The van der Waals surface area contributed by atoms with Gasteiger partial charge < -0.3 is 10.4 Å². The first-order valence-electron chi connectivity index (χ1n) is 7.60. The Morgan fingerprint density at radius 1 is 1.10 bits per heavy atom. The predicted octanol–water partition coefficient (Wildman–Crippen LogP) is 3.12. The second-order valence-electron chi connectivity index (χ2n) is 6.11. The van der Waals surface area contributed by atoms with Gasteiger partial charge >= 0.3 is 0 Å². The fraction of sp³-hybridized carbons (Fsp3) is 0.389. The van der Waals surface area contributed by atoms with Gasteiger partial charge in [-0.25, -0.2) is 0 Å². The molecule has 1 fully saturated rings. The van der Waals surface area contributed by atoms with Crippen molar-refractivity contribution >= 4 is 16.7 Å². The SMILES string of the molecule is O=C(NCC1(CO)CCCC1)c1ccc2ccccc2c1. The molecule has 2 aromatic carbocycles. The highest BCUT2D eigenvalue weighted by Gasteiger charge is 2.33. The van der Waals surface area contributed by atoms with Crippen molar-refractivity contribution < 1.29 is 9.90 Å². The van der Waals surface area contributed by atoms with Crippen LogP contribution in [0.25, 0.3) is 10.8 Å². The second-order valence-corrected chi connectivity index (χ2v) is 6.11. The number of hydrogen-bond donors (Lipinski definition) is 2. The van der Waals surface area contributed by atoms with Gasteiger partial charge in [-0.3, -0.25) is 4.79 Å². The Hall–Kier alpha value is -1.87. The highest BCUT2D eigenvalue weighted by atomic mass is 16.3. The van der Waals surface area contributed by atoms with Gasteiger partial charge in [0.1, 0.15) is 0 Å². The lowest BCUT2D eigenvalue weighted by Gasteiger charge is -2.26. The molecular weight excluding hydrogens is 262 g/mol. The van der Waals surface area contributed by atoms with Crippen LogP contribution in [0.2, 0.25) is 0 Å². The standard InChI is InChI=1S/C18H21NO2/c20-13-18(9-3-4-10-18)12-19-17(21)16-8-7-14-5-1-2-6-15(14)11-16/h1-2,5-8,11,20H,3-4,9-10,12-13H2,(H,19,21). The average molecular weight is 283 g/mol. The van der Waals surface area contributed by atoms with Crippen molar-refractivity contribution in [2.45, 2.75) is 25.7 Å². The number of carbonyl (C=O) groups excluding carboxylic acids is 1. The van der Waals surface area contributed by atoms with E-state index in [0.29, 0.717) is 12.1 Å². The van der Waals surface area contributed by atoms with Gasteiger partial charge in [-0.15, -0.1) is 0 Å². The molecule has 0 atom stereocenters. The minimum Gasteiger partial charge on any atom is -0.396 e. The number of aliphatic hydroxyl groups excluding tert-OH is 1. The van der Waals surface area contributed by atoms with Gasteiger partial charge in [0, 0.05) is 17.5 Å². The maximum atomic E-state index is 12.3. The lowest BCUT2D eigenvalue weighted by molar-refractivity contribution is 0.0881. The van der Waals surface area contributed by atoms with Gasteiger partial charge in [0.25, 0.3) is 5.91 Å². The number of aliphatic hydroxyl groups is 1. The van der Waals surface area contributed by atoms with E-state index in [9.17, 15) is 9.90 Å². The maximum absolute atomic E-state index is 12.3. The summed E-state index contributed by atoms with van der Waals surface area (Å²) in [6, 6.07) is 13.8. The van der Waals surface area contributed by atoms with Crippen molar-refractivity contribution in [3.8, 4) is 0 Å². The first-order chi connectivity index (χ1) is 10.2. The van der Waals surface area contributed by atoms with Crippen LogP contribution in [0.15, 0.2) is 42.5 Å². The van der Waals surface area contributed by atoms with E-state index < -0.39 is 0 Å². The predicted molar refractivity (Wildman–Crippen MR) is 84.3 cm³/mol. The summed E-state index contributed by atoms with van der Waals surface area (Å²) in [5.74, 6) is -0.0551. The highest BCUT2D eigenvalue weighted by Crippen LogP contribution is 2.36. The van der Waals surface area contributed by atoms with Gasteiger partial charge in [-0.1, -0.05) is 43.2 Å². The zero-order chi connectivity index (χ0) is 14.7. The topological polar surface area (TPSA) is 49.3 Å². The van der Waals surface area contributed by atoms with E-state index in [-0.39, 0.29) is 17.9 Å². The van der Waals surface area contributed by atoms with E-state index in [4.69, 9.17) is 0 Å². The largest absolute Gasteiger partial charge is 0.396 e. The molecule has 3 rings (SSSR count). The summed E-state index contributed by atoms with van der Waals surface area (Å²) in [4.78, 5) is 12.3. The smallest absolute Gasteiger partial charge is 0.251 e. The molecule has 1 aliphatic carbocycles. The van der Waals surface area contributed by atoms with Crippen molar-refractivity contribution in [3.63, 3.8) is 0 Å². The molecule has 0 heterocycles. The summed E-state index contributed by atoms with van der Waals surface area (Å²) in [5.41, 5.74) is 0.576. The fourth-order valence-electron chi connectivity index (χ4n) is 3.22. The van der Waals surface area contributed by atoms with Crippen LogP contribution >= 0.6 is 0 Å². The molecule has 0 aromatic heterocycles. The molecule has 0 spiro atoms. The summed E-state index contributed by atoms with van der Waals surface area (Å²) < 4.78 is 0. The molecular formula is C18H21NO2. The lowest BCUT2D eigenvalue weighted by Crippen LogP contribution is -2.38. The molecule has 21 heavy (non-hydrogen) atoms. The minimum absolute atomic E-state index is 0.0551. The summed E-state index contributed by atoms with van der Waals surface area (Å²) in [6.45, 7) is 0.722. The number of carbonyl (C=O) groups is 1. The third-order valence-corrected chi connectivity index (χ3v) is 4.64. The zero-order valence-electron chi connectivity index (χ0n) is 12.1. The maximum Gasteiger partial charge on any atom is 0.251 e. The van der Waals surface area contributed by atoms with Crippen molar-refractivity contribution in [1.82, 2.24) is 5.32 Å². The van der Waals surface area contributed by atoms with Crippen molar-refractivity contribution in [3.05, 3.63) is 48.0 Å². The molecule has 0 saturated heterocycles. The number of nitrogens with one attached hydrogen (secondary N) is 1. The Kier molecular flexibility index (Phi) is 3.93. The number of hydrogen-bond acceptors (Lipinski definition) is 2. The van der Waals surface area contributed by atoms with E-state index in [0.717, 1.165) is 36.5 Å². The Balaban J connectivity index is 1.71. The molecule has 110 valence electrons. The summed E-state index contributed by atoms with van der Waals surface area (Å²) in [5, 5.41) is 14.8. The van der Waals surface area contributed by atoms with E-state index in [1.807, 2.05) is 42.5 Å². The summed E-state index contributed by atoms with van der Waals surface area (Å²) in [7, 11) is 0. The monoisotopic (exact) mass is 283 g/mol. The minimum atomic E-state index is -0.105. The van der Waals surface area contributed by atoms with Gasteiger partial charge in [-0.05, 0) is 35.7 Å². The quantitative estimate of drug-likeness (QED) is 0.905. The Labute approximate surface area is 125 Å². The fourth-order valence-corrected chi connectivity index (χ4v) is 3.22. The Bertz CT molecular complexity index is 644. The van der Waals surface area contributed by atoms with E-state index >= 15 is 0 Å². The molecule has 1 amide bonds. The molecule has 0 radical (unpaired) electrons. The van der Waals surface area contributed by atoms with Crippen LogP contribution in [-0.4, -0.2) is 24.2 Å². The van der Waals surface area contributed by atoms with Crippen molar-refractivity contribution in [1.29, 1.82) is 0 Å². The molecule has 0 aliphatic heterocycles. The molecule has 0 unspecified atom stereocenters. The number of amides is 1. The first kappa shape index (κ1) is 14.1. The normalized spacial score (nSPS) is 17.0. The molecule has 2 aromatic rings. The number of fused-ring (bicyclic) bond motifs is 1. The lowest BCUT2D eigenvalue weighted by atomic mass is 9.87. The van der Waals surface area contributed by atoms with Gasteiger partial charge in [0.15, 0.2) is 0 Å². The van der Waals surface area contributed by atoms with Crippen LogP contribution in [0.4, 0.5) is 0 Å². The van der Waals surface area contributed by atoms with Crippen LogP contribution in [0.3, 0.4) is 0 Å². The van der Waals surface area contributed by atoms with E-state index in [1.54, 1.807) is 0 Å². The third-order valence-electron chi connectivity index (χ3n) is 4.64.